The van der Waals surface area contributed by atoms with Crippen molar-refractivity contribution in [1.29, 1.82) is 0 Å². The van der Waals surface area contributed by atoms with Crippen molar-refractivity contribution in [3.8, 4) is 11.4 Å². The summed E-state index contributed by atoms with van der Waals surface area (Å²) in [4.78, 5) is 23.4. The van der Waals surface area contributed by atoms with E-state index in [2.05, 4.69) is 14.9 Å². The van der Waals surface area contributed by atoms with Crippen LogP contribution in [0.1, 0.15) is 25.3 Å². The molecule has 10 heteroatoms. The fourth-order valence-electron chi connectivity index (χ4n) is 3.79. The smallest absolute Gasteiger partial charge is 0.258 e. The van der Waals surface area contributed by atoms with E-state index < -0.39 is 21.2 Å². The van der Waals surface area contributed by atoms with Crippen molar-refractivity contribution in [3.63, 3.8) is 0 Å². The van der Waals surface area contributed by atoms with Gasteiger partial charge in [0, 0.05) is 62.4 Å². The van der Waals surface area contributed by atoms with Gasteiger partial charge in [-0.1, -0.05) is 12.2 Å². The van der Waals surface area contributed by atoms with E-state index in [0.717, 1.165) is 48.4 Å². The zero-order valence-corrected chi connectivity index (χ0v) is 19.7. The van der Waals surface area contributed by atoms with Gasteiger partial charge >= 0.3 is 0 Å². The standard InChI is InChI=1S/C24H25FN4O4S/c1-3-4-17-15-26-24(27-16-17)28-10-7-18(8-11-28)33-19-9-12-29(23(30)13-19)22-6-5-20(14-21(22)25)34(2,31)32/h3-6,9,12-16,18H,7-8,10-11H2,1-2H3/b4-3-. The van der Waals surface area contributed by atoms with Crippen LogP contribution in [0.3, 0.4) is 0 Å². The van der Waals surface area contributed by atoms with E-state index in [9.17, 15) is 17.6 Å². The molecule has 1 aromatic carbocycles. The van der Waals surface area contributed by atoms with Crippen LogP contribution in [0.4, 0.5) is 10.3 Å². The quantitative estimate of drug-likeness (QED) is 0.530. The molecule has 4 rings (SSSR count). The second-order valence-corrected chi connectivity index (χ2v) is 10.1. The molecule has 0 unspecified atom stereocenters. The molecule has 2 aromatic heterocycles. The Morgan fingerprint density at radius 2 is 1.82 bits per heavy atom. The number of rotatable bonds is 6. The largest absolute Gasteiger partial charge is 0.490 e. The van der Waals surface area contributed by atoms with Crippen LogP contribution in [0.25, 0.3) is 11.8 Å². The lowest BCUT2D eigenvalue weighted by Gasteiger charge is -2.32. The summed E-state index contributed by atoms with van der Waals surface area (Å²) in [7, 11) is -3.55. The minimum Gasteiger partial charge on any atom is -0.490 e. The van der Waals surface area contributed by atoms with Gasteiger partial charge in [0.25, 0.3) is 5.56 Å². The third-order valence-corrected chi connectivity index (χ3v) is 6.65. The average Bonchev–Trinajstić information content (AvgIpc) is 2.80. The van der Waals surface area contributed by atoms with Crippen LogP contribution in [-0.2, 0) is 9.84 Å². The van der Waals surface area contributed by atoms with Gasteiger partial charge in [0.2, 0.25) is 5.95 Å². The SMILES string of the molecule is C/C=C\c1cnc(N2CCC(Oc3ccn(-c4ccc(S(C)(=O)=O)cc4F)c(=O)c3)CC2)nc1. The molecule has 178 valence electrons. The van der Waals surface area contributed by atoms with Gasteiger partial charge in [-0.3, -0.25) is 9.36 Å². The van der Waals surface area contributed by atoms with E-state index >= 15 is 0 Å². The first-order chi connectivity index (χ1) is 16.2. The average molecular weight is 485 g/mol. The maximum Gasteiger partial charge on any atom is 0.258 e. The summed E-state index contributed by atoms with van der Waals surface area (Å²) < 4.78 is 44.8. The number of benzene rings is 1. The summed E-state index contributed by atoms with van der Waals surface area (Å²) in [6.45, 7) is 3.39. The highest BCUT2D eigenvalue weighted by Crippen LogP contribution is 2.22. The Kier molecular flexibility index (Phi) is 6.78. The zero-order valence-electron chi connectivity index (χ0n) is 18.9. The Labute approximate surface area is 197 Å². The van der Waals surface area contributed by atoms with Crippen molar-refractivity contribution in [2.75, 3.05) is 24.2 Å². The number of sulfone groups is 1. The molecule has 0 amide bonds. The molecule has 3 heterocycles. The van der Waals surface area contributed by atoms with Gasteiger partial charge in [-0.25, -0.2) is 22.8 Å². The zero-order chi connectivity index (χ0) is 24.3. The van der Waals surface area contributed by atoms with Gasteiger partial charge < -0.3 is 9.64 Å². The predicted octanol–water partition coefficient (Wildman–Crippen LogP) is 3.25. The van der Waals surface area contributed by atoms with Crippen molar-refractivity contribution >= 4 is 21.9 Å². The maximum atomic E-state index is 14.5. The first-order valence-electron chi connectivity index (χ1n) is 10.8. The first kappa shape index (κ1) is 23.6. The molecule has 0 saturated carbocycles. The Hall–Kier alpha value is -3.53. The molecule has 1 aliphatic rings. The summed E-state index contributed by atoms with van der Waals surface area (Å²) in [5, 5.41) is 0. The fourth-order valence-corrected chi connectivity index (χ4v) is 4.42. The van der Waals surface area contributed by atoms with Crippen molar-refractivity contribution in [2.45, 2.75) is 30.8 Å². The van der Waals surface area contributed by atoms with Crippen LogP contribution in [0.15, 0.2) is 64.7 Å². The molecule has 0 N–H and O–H groups in total. The maximum absolute atomic E-state index is 14.5. The number of nitrogens with zero attached hydrogens (tertiary/aromatic N) is 4. The van der Waals surface area contributed by atoms with Crippen LogP contribution >= 0.6 is 0 Å². The predicted molar refractivity (Wildman–Crippen MR) is 128 cm³/mol. The number of halogens is 1. The van der Waals surface area contributed by atoms with Crippen molar-refractivity contribution in [2.24, 2.45) is 0 Å². The molecule has 0 spiro atoms. The molecular formula is C24H25FN4O4S. The van der Waals surface area contributed by atoms with E-state index in [4.69, 9.17) is 4.74 Å². The van der Waals surface area contributed by atoms with E-state index in [1.807, 2.05) is 19.1 Å². The van der Waals surface area contributed by atoms with Gasteiger partial charge in [-0.15, -0.1) is 0 Å². The second kappa shape index (κ2) is 9.76. The minimum absolute atomic E-state index is 0.0299. The van der Waals surface area contributed by atoms with Gasteiger partial charge in [0.1, 0.15) is 17.7 Å². The summed E-state index contributed by atoms with van der Waals surface area (Å²) in [6.07, 6.45) is 11.3. The van der Waals surface area contributed by atoms with Crippen molar-refractivity contribution in [3.05, 3.63) is 76.7 Å². The molecule has 1 aliphatic heterocycles. The Balaban J connectivity index is 1.40. The molecule has 1 fully saturated rings. The molecule has 34 heavy (non-hydrogen) atoms. The second-order valence-electron chi connectivity index (χ2n) is 8.08. The number of hydrogen-bond donors (Lipinski definition) is 0. The molecule has 0 aliphatic carbocycles. The number of ether oxygens (including phenoxy) is 1. The number of allylic oxidation sites excluding steroid dienone is 1. The van der Waals surface area contributed by atoms with Crippen LogP contribution < -0.4 is 15.2 Å². The Morgan fingerprint density at radius 3 is 2.41 bits per heavy atom. The molecule has 3 aromatic rings. The van der Waals surface area contributed by atoms with E-state index in [1.54, 1.807) is 18.5 Å². The molecule has 0 bridgehead atoms. The van der Waals surface area contributed by atoms with Gasteiger partial charge in [0.15, 0.2) is 9.84 Å². The van der Waals surface area contributed by atoms with Gasteiger partial charge in [0.05, 0.1) is 10.6 Å². The van der Waals surface area contributed by atoms with Crippen LogP contribution in [0.2, 0.25) is 0 Å². The van der Waals surface area contributed by atoms with Crippen LogP contribution in [0.5, 0.6) is 5.75 Å². The number of pyridine rings is 1. The highest BCUT2D eigenvalue weighted by Gasteiger charge is 2.22. The Morgan fingerprint density at radius 1 is 1.12 bits per heavy atom. The summed E-state index contributed by atoms with van der Waals surface area (Å²) >= 11 is 0. The number of hydrogen-bond acceptors (Lipinski definition) is 7. The van der Waals surface area contributed by atoms with Crippen LogP contribution in [-0.4, -0.2) is 48.4 Å². The third kappa shape index (κ3) is 5.33. The van der Waals surface area contributed by atoms with Crippen molar-refractivity contribution in [1.82, 2.24) is 14.5 Å². The molecule has 0 atom stereocenters. The van der Waals surface area contributed by atoms with E-state index in [1.165, 1.54) is 24.4 Å². The molecule has 8 nitrogen and oxygen atoms in total. The summed E-state index contributed by atoms with van der Waals surface area (Å²) in [5.74, 6) is 0.282. The minimum atomic E-state index is -3.55. The topological polar surface area (TPSA) is 94.4 Å². The monoisotopic (exact) mass is 484 g/mol. The van der Waals surface area contributed by atoms with Crippen molar-refractivity contribution < 1.29 is 17.5 Å². The van der Waals surface area contributed by atoms with Gasteiger partial charge in [-0.05, 0) is 31.2 Å². The fraction of sp³-hybridized carbons (Fsp3) is 0.292. The molecular weight excluding hydrogens is 459 g/mol. The first-order valence-corrected chi connectivity index (χ1v) is 12.7. The third-order valence-electron chi connectivity index (χ3n) is 5.54. The number of piperidine rings is 1. The van der Waals surface area contributed by atoms with Crippen LogP contribution in [0, 0.1) is 5.82 Å². The molecule has 0 radical (unpaired) electrons. The van der Waals surface area contributed by atoms with Gasteiger partial charge in [-0.2, -0.15) is 0 Å². The lowest BCUT2D eigenvalue weighted by molar-refractivity contribution is 0.170. The molecule has 1 saturated heterocycles. The number of anilines is 1. The highest BCUT2D eigenvalue weighted by atomic mass is 32.2. The lowest BCUT2D eigenvalue weighted by atomic mass is 10.1. The van der Waals surface area contributed by atoms with E-state index in [0.29, 0.717) is 11.7 Å². The van der Waals surface area contributed by atoms with E-state index in [-0.39, 0.29) is 16.7 Å². The lowest BCUT2D eigenvalue weighted by Crippen LogP contribution is -2.39. The summed E-state index contributed by atoms with van der Waals surface area (Å²) in [5.41, 5.74) is 0.443. The Bertz CT molecular complexity index is 1360. The normalized spacial score (nSPS) is 15.1. The number of aromatic nitrogens is 3. The highest BCUT2D eigenvalue weighted by molar-refractivity contribution is 7.90. The summed E-state index contributed by atoms with van der Waals surface area (Å²) in [6, 6.07) is 6.36.